The van der Waals surface area contributed by atoms with E-state index in [0.717, 1.165) is 45.0 Å². The zero-order chi connectivity index (χ0) is 21.1. The van der Waals surface area contributed by atoms with Crippen LogP contribution in [0.15, 0.2) is 30.3 Å². The molecule has 0 spiro atoms. The fourth-order valence-electron chi connectivity index (χ4n) is 3.38. The number of fused-ring (bicyclic) bond motifs is 1. The van der Waals surface area contributed by atoms with E-state index < -0.39 is 0 Å². The first-order valence-electron chi connectivity index (χ1n) is 9.83. The number of carbonyl (C=O) groups excluding carboxylic acids is 1. The maximum Gasteiger partial charge on any atom is 0.233 e. The van der Waals surface area contributed by atoms with Gasteiger partial charge in [-0.1, -0.05) is 46.7 Å². The molecule has 0 aliphatic heterocycles. The van der Waals surface area contributed by atoms with Crippen LogP contribution in [0.3, 0.4) is 0 Å². The predicted molar refractivity (Wildman–Crippen MR) is 125 cm³/mol. The SMILES string of the molecule is Cc1ccc(CC(=O)N(CCCN(C)C)c2nc3c(C)c(Cl)ccc3s2)c(C)c1. The first-order chi connectivity index (χ1) is 13.8. The van der Waals surface area contributed by atoms with Gasteiger partial charge >= 0.3 is 0 Å². The zero-order valence-corrected chi connectivity index (χ0v) is 19.3. The average molecular weight is 430 g/mol. The van der Waals surface area contributed by atoms with E-state index in [1.807, 2.05) is 38.1 Å². The third-order valence-electron chi connectivity index (χ3n) is 5.10. The van der Waals surface area contributed by atoms with Crippen LogP contribution in [0.2, 0.25) is 5.02 Å². The number of rotatable bonds is 7. The summed E-state index contributed by atoms with van der Waals surface area (Å²) in [7, 11) is 4.09. The third-order valence-corrected chi connectivity index (χ3v) is 6.55. The first-order valence-corrected chi connectivity index (χ1v) is 11.0. The lowest BCUT2D eigenvalue weighted by Crippen LogP contribution is -2.34. The fourth-order valence-corrected chi connectivity index (χ4v) is 4.60. The van der Waals surface area contributed by atoms with Crippen LogP contribution in [-0.4, -0.2) is 43.0 Å². The Kier molecular flexibility index (Phi) is 6.93. The summed E-state index contributed by atoms with van der Waals surface area (Å²) in [5, 5.41) is 1.45. The van der Waals surface area contributed by atoms with Gasteiger partial charge in [0.25, 0.3) is 0 Å². The van der Waals surface area contributed by atoms with Crippen LogP contribution >= 0.6 is 22.9 Å². The Hall–Kier alpha value is -1.95. The number of amides is 1. The molecule has 3 aromatic rings. The van der Waals surface area contributed by atoms with Crippen LogP contribution < -0.4 is 4.90 Å². The number of hydrogen-bond donors (Lipinski definition) is 0. The molecule has 0 aliphatic rings. The molecule has 0 saturated carbocycles. The zero-order valence-electron chi connectivity index (χ0n) is 17.8. The van der Waals surface area contributed by atoms with E-state index in [2.05, 4.69) is 36.9 Å². The number of hydrogen-bond acceptors (Lipinski definition) is 4. The second-order valence-electron chi connectivity index (χ2n) is 7.82. The molecule has 0 unspecified atom stereocenters. The largest absolute Gasteiger partial charge is 0.309 e. The monoisotopic (exact) mass is 429 g/mol. The van der Waals surface area contributed by atoms with Crippen LogP contribution in [-0.2, 0) is 11.2 Å². The highest BCUT2D eigenvalue weighted by molar-refractivity contribution is 7.22. The molecule has 0 saturated heterocycles. The van der Waals surface area contributed by atoms with Crippen LogP contribution in [0.1, 0.15) is 28.7 Å². The maximum atomic E-state index is 13.3. The summed E-state index contributed by atoms with van der Waals surface area (Å²) in [6.07, 6.45) is 1.27. The Morgan fingerprint density at radius 3 is 2.55 bits per heavy atom. The molecule has 0 fully saturated rings. The van der Waals surface area contributed by atoms with Gasteiger partial charge in [0.2, 0.25) is 5.91 Å². The number of halogens is 1. The van der Waals surface area contributed by atoms with E-state index in [-0.39, 0.29) is 5.91 Å². The average Bonchev–Trinajstić information content (AvgIpc) is 3.08. The minimum atomic E-state index is 0.0820. The summed E-state index contributed by atoms with van der Waals surface area (Å²) in [4.78, 5) is 22.1. The highest BCUT2D eigenvalue weighted by atomic mass is 35.5. The molecule has 4 nitrogen and oxygen atoms in total. The summed E-state index contributed by atoms with van der Waals surface area (Å²) in [6, 6.07) is 10.1. The normalized spacial score (nSPS) is 11.4. The highest BCUT2D eigenvalue weighted by Gasteiger charge is 2.21. The number of benzene rings is 2. The molecule has 0 radical (unpaired) electrons. The Labute approximate surface area is 182 Å². The third kappa shape index (κ3) is 5.16. The summed E-state index contributed by atoms with van der Waals surface area (Å²) in [6.45, 7) is 7.68. The van der Waals surface area contributed by atoms with E-state index in [1.54, 1.807) is 11.3 Å². The van der Waals surface area contributed by atoms with Crippen molar-refractivity contribution in [3.05, 3.63) is 57.6 Å². The lowest BCUT2D eigenvalue weighted by atomic mass is 10.0. The molecule has 3 rings (SSSR count). The Morgan fingerprint density at radius 2 is 1.86 bits per heavy atom. The van der Waals surface area contributed by atoms with Gasteiger partial charge in [0.15, 0.2) is 5.13 Å². The quantitative estimate of drug-likeness (QED) is 0.504. The molecule has 0 atom stereocenters. The van der Waals surface area contributed by atoms with Crippen molar-refractivity contribution in [2.24, 2.45) is 0 Å². The summed E-state index contributed by atoms with van der Waals surface area (Å²) >= 11 is 7.83. The summed E-state index contributed by atoms with van der Waals surface area (Å²) in [5.41, 5.74) is 5.27. The number of nitrogens with zero attached hydrogens (tertiary/aromatic N) is 3. The molecule has 6 heteroatoms. The van der Waals surface area contributed by atoms with Crippen LogP contribution in [0.4, 0.5) is 5.13 Å². The molecule has 0 bridgehead atoms. The smallest absolute Gasteiger partial charge is 0.233 e. The van der Waals surface area contributed by atoms with Crippen molar-refractivity contribution in [2.75, 3.05) is 32.1 Å². The van der Waals surface area contributed by atoms with Crippen molar-refractivity contribution >= 4 is 44.2 Å². The molecule has 29 heavy (non-hydrogen) atoms. The second-order valence-corrected chi connectivity index (χ2v) is 9.24. The Bertz CT molecular complexity index is 1030. The van der Waals surface area contributed by atoms with E-state index in [1.165, 1.54) is 5.56 Å². The number of aryl methyl sites for hydroxylation is 3. The van der Waals surface area contributed by atoms with Gasteiger partial charge in [-0.2, -0.15) is 0 Å². The molecule has 1 amide bonds. The van der Waals surface area contributed by atoms with Crippen LogP contribution in [0.5, 0.6) is 0 Å². The molecule has 154 valence electrons. The van der Waals surface area contributed by atoms with Crippen molar-refractivity contribution in [1.29, 1.82) is 0 Å². The van der Waals surface area contributed by atoms with E-state index in [9.17, 15) is 4.79 Å². The van der Waals surface area contributed by atoms with Crippen molar-refractivity contribution in [3.63, 3.8) is 0 Å². The van der Waals surface area contributed by atoms with Gasteiger partial charge in [0.1, 0.15) is 0 Å². The van der Waals surface area contributed by atoms with E-state index in [4.69, 9.17) is 16.6 Å². The molecular formula is C23H28ClN3OS. The molecular weight excluding hydrogens is 402 g/mol. The first kappa shape index (κ1) is 21.8. The molecule has 1 aromatic heterocycles. The van der Waals surface area contributed by atoms with Crippen LogP contribution in [0, 0.1) is 20.8 Å². The Morgan fingerprint density at radius 1 is 1.10 bits per heavy atom. The van der Waals surface area contributed by atoms with Gasteiger partial charge in [-0.15, -0.1) is 0 Å². The van der Waals surface area contributed by atoms with E-state index >= 15 is 0 Å². The number of thiazole rings is 1. The number of anilines is 1. The van der Waals surface area contributed by atoms with Gasteiger partial charge in [-0.25, -0.2) is 4.98 Å². The van der Waals surface area contributed by atoms with E-state index in [0.29, 0.717) is 18.0 Å². The van der Waals surface area contributed by atoms with Crippen molar-refractivity contribution in [2.45, 2.75) is 33.6 Å². The molecule has 0 N–H and O–H groups in total. The lowest BCUT2D eigenvalue weighted by Gasteiger charge is -2.21. The minimum Gasteiger partial charge on any atom is -0.309 e. The topological polar surface area (TPSA) is 36.4 Å². The number of aromatic nitrogens is 1. The van der Waals surface area contributed by atoms with Gasteiger partial charge < -0.3 is 4.90 Å². The fraction of sp³-hybridized carbons (Fsp3) is 0.391. The second kappa shape index (κ2) is 9.24. The number of carbonyl (C=O) groups is 1. The lowest BCUT2D eigenvalue weighted by molar-refractivity contribution is -0.118. The molecule has 0 aliphatic carbocycles. The Balaban J connectivity index is 1.91. The van der Waals surface area contributed by atoms with Crippen LogP contribution in [0.25, 0.3) is 10.2 Å². The predicted octanol–water partition coefficient (Wildman–Crippen LogP) is 5.40. The highest BCUT2D eigenvalue weighted by Crippen LogP contribution is 2.34. The molecule has 1 heterocycles. The van der Waals surface area contributed by atoms with Crippen molar-refractivity contribution in [3.8, 4) is 0 Å². The summed E-state index contributed by atoms with van der Waals surface area (Å²) in [5.74, 6) is 0.0820. The standard InChI is InChI=1S/C23H28ClN3OS/c1-15-7-8-18(16(2)13-15)14-21(28)27(12-6-11-26(4)5)23-25-22-17(3)19(24)9-10-20(22)29-23/h7-10,13H,6,11-12,14H2,1-5H3. The summed E-state index contributed by atoms with van der Waals surface area (Å²) < 4.78 is 1.05. The van der Waals surface area contributed by atoms with Crippen molar-refractivity contribution < 1.29 is 4.79 Å². The minimum absolute atomic E-state index is 0.0820. The molecule has 2 aromatic carbocycles. The van der Waals surface area contributed by atoms with Gasteiger partial charge in [0.05, 0.1) is 16.6 Å². The van der Waals surface area contributed by atoms with Gasteiger partial charge in [-0.05, 0) is 76.7 Å². The van der Waals surface area contributed by atoms with Crippen molar-refractivity contribution in [1.82, 2.24) is 9.88 Å². The van der Waals surface area contributed by atoms with Gasteiger partial charge in [0, 0.05) is 11.6 Å². The van der Waals surface area contributed by atoms with Gasteiger partial charge in [-0.3, -0.25) is 9.69 Å². The maximum absolute atomic E-state index is 13.3.